The maximum absolute atomic E-state index is 12.3. The quantitative estimate of drug-likeness (QED) is 0.176. The molecule has 0 atom stereocenters. The van der Waals surface area contributed by atoms with Crippen LogP contribution in [0.1, 0.15) is 11.1 Å². The van der Waals surface area contributed by atoms with E-state index in [4.69, 9.17) is 0 Å². The maximum atomic E-state index is 12.3. The van der Waals surface area contributed by atoms with Crippen LogP contribution in [0, 0.1) is 17.0 Å². The number of benzene rings is 3. The molecule has 1 aromatic heterocycles. The third kappa shape index (κ3) is 5.54. The molecule has 34 heavy (non-hydrogen) atoms. The summed E-state index contributed by atoms with van der Waals surface area (Å²) in [5.41, 5.74) is 6.04. The maximum Gasteiger partial charge on any atom is 0.269 e. The SMILES string of the molecule is Cc1ccc(-c2nnc(SCC(=O)N/N=C\c3ccc([N+](=O)[O-])cc3)n2-c2ccccc2)cc1. The van der Waals surface area contributed by atoms with Crippen molar-refractivity contribution < 1.29 is 9.72 Å². The Labute approximate surface area is 199 Å². The summed E-state index contributed by atoms with van der Waals surface area (Å²) in [6, 6.07) is 23.6. The van der Waals surface area contributed by atoms with E-state index < -0.39 is 4.92 Å². The molecule has 0 aliphatic carbocycles. The monoisotopic (exact) mass is 472 g/mol. The highest BCUT2D eigenvalue weighted by Crippen LogP contribution is 2.28. The number of nitro benzene ring substituents is 1. The first-order valence-corrected chi connectivity index (χ1v) is 11.3. The van der Waals surface area contributed by atoms with Crippen molar-refractivity contribution in [2.75, 3.05) is 5.75 Å². The minimum absolute atomic E-state index is 0.00915. The standard InChI is InChI=1S/C24H20N6O3S/c1-17-7-11-19(12-8-17)23-27-28-24(29(23)20-5-3-2-4-6-20)34-16-22(31)26-25-15-18-9-13-21(14-10-18)30(32)33/h2-15H,16H2,1H3,(H,26,31)/b25-15-. The zero-order valence-electron chi connectivity index (χ0n) is 18.2. The first-order chi connectivity index (χ1) is 16.5. The van der Waals surface area contributed by atoms with Crippen LogP contribution in [0.5, 0.6) is 0 Å². The van der Waals surface area contributed by atoms with Gasteiger partial charge in [0, 0.05) is 23.4 Å². The number of nitrogens with one attached hydrogen (secondary N) is 1. The highest BCUT2D eigenvalue weighted by atomic mass is 32.2. The molecule has 4 rings (SSSR count). The lowest BCUT2D eigenvalue weighted by atomic mass is 10.1. The lowest BCUT2D eigenvalue weighted by Crippen LogP contribution is -2.20. The van der Waals surface area contributed by atoms with Crippen molar-refractivity contribution in [1.29, 1.82) is 0 Å². The molecule has 10 heteroatoms. The van der Waals surface area contributed by atoms with Crippen molar-refractivity contribution in [3.8, 4) is 17.1 Å². The van der Waals surface area contributed by atoms with Crippen LogP contribution in [-0.4, -0.2) is 37.6 Å². The summed E-state index contributed by atoms with van der Waals surface area (Å²) in [6.45, 7) is 2.02. The second-order valence-electron chi connectivity index (χ2n) is 7.27. The molecule has 0 aliphatic rings. The summed E-state index contributed by atoms with van der Waals surface area (Å²) < 4.78 is 1.92. The van der Waals surface area contributed by atoms with Gasteiger partial charge in [-0.25, -0.2) is 5.43 Å². The normalized spacial score (nSPS) is 11.0. The van der Waals surface area contributed by atoms with E-state index >= 15 is 0 Å². The zero-order valence-corrected chi connectivity index (χ0v) is 19.0. The number of hydrogen-bond acceptors (Lipinski definition) is 7. The number of rotatable bonds is 8. The molecule has 0 fully saturated rings. The van der Waals surface area contributed by atoms with E-state index in [1.165, 1.54) is 30.1 Å². The topological polar surface area (TPSA) is 115 Å². The van der Waals surface area contributed by atoms with Gasteiger partial charge in [-0.3, -0.25) is 19.5 Å². The number of hydrogen-bond donors (Lipinski definition) is 1. The van der Waals surface area contributed by atoms with Crippen molar-refractivity contribution in [2.24, 2.45) is 5.10 Å². The molecule has 0 spiro atoms. The minimum Gasteiger partial charge on any atom is -0.272 e. The number of carbonyl (C=O) groups excluding carboxylic acids is 1. The number of non-ortho nitro benzene ring substituents is 1. The second-order valence-corrected chi connectivity index (χ2v) is 8.22. The summed E-state index contributed by atoms with van der Waals surface area (Å²) >= 11 is 1.25. The Kier molecular flexibility index (Phi) is 7.09. The molecule has 0 bridgehead atoms. The Hall–Kier alpha value is -4.31. The number of nitrogens with zero attached hydrogens (tertiary/aromatic N) is 5. The second kappa shape index (κ2) is 10.5. The number of para-hydroxylation sites is 1. The van der Waals surface area contributed by atoms with Gasteiger partial charge in [0.25, 0.3) is 11.6 Å². The predicted octanol–water partition coefficient (Wildman–Crippen LogP) is 4.39. The van der Waals surface area contributed by atoms with Gasteiger partial charge in [0.2, 0.25) is 0 Å². The van der Waals surface area contributed by atoms with Gasteiger partial charge in [-0.2, -0.15) is 5.10 Å². The van der Waals surface area contributed by atoms with Crippen molar-refractivity contribution in [3.63, 3.8) is 0 Å². The van der Waals surface area contributed by atoms with Crippen molar-refractivity contribution in [3.05, 3.63) is 100 Å². The Bertz CT molecular complexity index is 1320. The summed E-state index contributed by atoms with van der Waals surface area (Å²) in [6.07, 6.45) is 1.42. The van der Waals surface area contributed by atoms with Crippen molar-refractivity contribution in [2.45, 2.75) is 12.1 Å². The van der Waals surface area contributed by atoms with E-state index in [1.54, 1.807) is 12.1 Å². The van der Waals surface area contributed by atoms with E-state index in [2.05, 4.69) is 20.7 Å². The van der Waals surface area contributed by atoms with Gasteiger partial charge in [-0.05, 0) is 36.8 Å². The van der Waals surface area contributed by atoms with Crippen LogP contribution in [0.15, 0.2) is 89.1 Å². The number of aromatic nitrogens is 3. The van der Waals surface area contributed by atoms with E-state index in [1.807, 2.05) is 66.1 Å². The van der Waals surface area contributed by atoms with Gasteiger partial charge in [-0.1, -0.05) is 59.8 Å². The Morgan fingerprint density at radius 2 is 1.76 bits per heavy atom. The Morgan fingerprint density at radius 1 is 1.06 bits per heavy atom. The van der Waals surface area contributed by atoms with Gasteiger partial charge in [0.15, 0.2) is 11.0 Å². The number of carbonyl (C=O) groups is 1. The summed E-state index contributed by atoms with van der Waals surface area (Å²) in [5.74, 6) is 0.448. The molecule has 1 N–H and O–H groups in total. The highest BCUT2D eigenvalue weighted by molar-refractivity contribution is 7.99. The van der Waals surface area contributed by atoms with Crippen LogP contribution >= 0.6 is 11.8 Å². The molecule has 0 radical (unpaired) electrons. The van der Waals surface area contributed by atoms with Crippen LogP contribution in [0.25, 0.3) is 17.1 Å². The molecular weight excluding hydrogens is 452 g/mol. The Balaban J connectivity index is 1.45. The zero-order chi connectivity index (χ0) is 23.9. The lowest BCUT2D eigenvalue weighted by Gasteiger charge is -2.10. The molecule has 0 aliphatic heterocycles. The van der Waals surface area contributed by atoms with Gasteiger partial charge >= 0.3 is 0 Å². The van der Waals surface area contributed by atoms with E-state index in [9.17, 15) is 14.9 Å². The van der Waals surface area contributed by atoms with Crippen molar-refractivity contribution in [1.82, 2.24) is 20.2 Å². The lowest BCUT2D eigenvalue weighted by molar-refractivity contribution is -0.384. The minimum atomic E-state index is -0.474. The van der Waals surface area contributed by atoms with Crippen LogP contribution in [0.4, 0.5) is 5.69 Å². The summed E-state index contributed by atoms with van der Waals surface area (Å²) in [7, 11) is 0. The largest absolute Gasteiger partial charge is 0.272 e. The number of nitro groups is 1. The van der Waals surface area contributed by atoms with Gasteiger partial charge in [0.05, 0.1) is 16.9 Å². The average molecular weight is 473 g/mol. The summed E-state index contributed by atoms with van der Waals surface area (Å²) in [5, 5.41) is 23.9. The highest BCUT2D eigenvalue weighted by Gasteiger charge is 2.17. The van der Waals surface area contributed by atoms with Crippen LogP contribution in [0.3, 0.4) is 0 Å². The van der Waals surface area contributed by atoms with E-state index in [0.717, 1.165) is 16.8 Å². The van der Waals surface area contributed by atoms with Crippen molar-refractivity contribution >= 4 is 29.6 Å². The van der Waals surface area contributed by atoms with Gasteiger partial charge in [0.1, 0.15) is 0 Å². The molecule has 3 aromatic carbocycles. The number of thioether (sulfide) groups is 1. The molecule has 0 saturated heterocycles. The van der Waals surface area contributed by atoms with Crippen LogP contribution < -0.4 is 5.43 Å². The average Bonchev–Trinajstić information content (AvgIpc) is 3.28. The summed E-state index contributed by atoms with van der Waals surface area (Å²) in [4.78, 5) is 22.6. The molecule has 1 heterocycles. The third-order valence-electron chi connectivity index (χ3n) is 4.80. The van der Waals surface area contributed by atoms with Gasteiger partial charge < -0.3 is 0 Å². The van der Waals surface area contributed by atoms with E-state index in [0.29, 0.717) is 16.5 Å². The number of amides is 1. The predicted molar refractivity (Wildman–Crippen MR) is 131 cm³/mol. The Morgan fingerprint density at radius 3 is 2.44 bits per heavy atom. The molecular formula is C24H20N6O3S. The third-order valence-corrected chi connectivity index (χ3v) is 5.73. The van der Waals surface area contributed by atoms with Crippen LogP contribution in [-0.2, 0) is 4.79 Å². The fraction of sp³-hybridized carbons (Fsp3) is 0.0833. The molecule has 0 saturated carbocycles. The number of aryl methyl sites for hydroxylation is 1. The van der Waals surface area contributed by atoms with Crippen LogP contribution in [0.2, 0.25) is 0 Å². The molecule has 1 amide bonds. The first kappa shape index (κ1) is 22.9. The number of hydrazone groups is 1. The molecule has 4 aromatic rings. The molecule has 9 nitrogen and oxygen atoms in total. The first-order valence-electron chi connectivity index (χ1n) is 10.3. The molecule has 170 valence electrons. The van der Waals surface area contributed by atoms with Gasteiger partial charge in [-0.15, -0.1) is 10.2 Å². The fourth-order valence-corrected chi connectivity index (χ4v) is 3.83. The molecule has 0 unspecified atom stereocenters. The van der Waals surface area contributed by atoms with E-state index in [-0.39, 0.29) is 17.3 Å². The smallest absolute Gasteiger partial charge is 0.269 e. The fourth-order valence-electron chi connectivity index (χ4n) is 3.09.